The Labute approximate surface area is 134 Å². The predicted molar refractivity (Wildman–Crippen MR) is 89.8 cm³/mol. The Hall–Kier alpha value is -2.86. The number of aryl methyl sites for hydroxylation is 1. The van der Waals surface area contributed by atoms with Crippen molar-refractivity contribution in [1.82, 2.24) is 0 Å². The van der Waals surface area contributed by atoms with Gasteiger partial charge in [-0.2, -0.15) is 0 Å². The lowest BCUT2D eigenvalue weighted by Crippen LogP contribution is -2.23. The monoisotopic (exact) mass is 313 g/mol. The predicted octanol–water partition coefficient (Wildman–Crippen LogP) is 2.15. The Balaban J connectivity index is 2.25. The molecule has 0 saturated carbocycles. The average molecular weight is 313 g/mol. The standard InChI is InChI=1S/C17H19N3O3/c1-11-3-5-12(6-4-11)17(22)20-14-8-7-13(23-2)9-15(14)19-16(21)10-18/h3-9H,10,18H2,1-2H3,(H,19,21)(H,20,22). The number of anilines is 2. The molecule has 0 aliphatic rings. The van der Waals surface area contributed by atoms with Gasteiger partial charge in [0.25, 0.3) is 5.91 Å². The highest BCUT2D eigenvalue weighted by Gasteiger charge is 2.12. The molecule has 0 heterocycles. The molecule has 0 aromatic heterocycles. The van der Waals surface area contributed by atoms with Gasteiger partial charge in [-0.05, 0) is 31.2 Å². The van der Waals surface area contributed by atoms with E-state index in [9.17, 15) is 9.59 Å². The molecule has 0 unspecified atom stereocenters. The number of carbonyl (C=O) groups excluding carboxylic acids is 2. The van der Waals surface area contributed by atoms with Gasteiger partial charge in [0, 0.05) is 11.6 Å². The number of amides is 2. The molecule has 0 spiro atoms. The molecule has 6 heteroatoms. The number of hydrogen-bond donors (Lipinski definition) is 3. The van der Waals surface area contributed by atoms with E-state index < -0.39 is 0 Å². The number of hydrogen-bond acceptors (Lipinski definition) is 4. The zero-order chi connectivity index (χ0) is 16.8. The molecule has 0 fully saturated rings. The molecule has 2 aromatic rings. The van der Waals surface area contributed by atoms with Crippen molar-refractivity contribution < 1.29 is 14.3 Å². The van der Waals surface area contributed by atoms with Crippen molar-refractivity contribution in [2.24, 2.45) is 5.73 Å². The minimum Gasteiger partial charge on any atom is -0.497 e. The summed E-state index contributed by atoms with van der Waals surface area (Å²) in [6.45, 7) is 1.80. The first-order valence-corrected chi connectivity index (χ1v) is 7.09. The fraction of sp³-hybridized carbons (Fsp3) is 0.176. The average Bonchev–Trinajstić information content (AvgIpc) is 2.56. The van der Waals surface area contributed by atoms with Crippen LogP contribution in [0, 0.1) is 6.92 Å². The molecule has 2 aromatic carbocycles. The lowest BCUT2D eigenvalue weighted by atomic mass is 10.1. The number of methoxy groups -OCH3 is 1. The van der Waals surface area contributed by atoms with Crippen molar-refractivity contribution in [3.8, 4) is 5.75 Å². The Morgan fingerprint density at radius 2 is 1.74 bits per heavy atom. The summed E-state index contributed by atoms with van der Waals surface area (Å²) >= 11 is 0. The van der Waals surface area contributed by atoms with E-state index in [-0.39, 0.29) is 18.4 Å². The van der Waals surface area contributed by atoms with E-state index in [1.807, 2.05) is 19.1 Å². The van der Waals surface area contributed by atoms with Gasteiger partial charge in [-0.15, -0.1) is 0 Å². The van der Waals surface area contributed by atoms with E-state index in [1.54, 1.807) is 30.3 Å². The van der Waals surface area contributed by atoms with Gasteiger partial charge in [-0.25, -0.2) is 0 Å². The first-order valence-electron chi connectivity index (χ1n) is 7.09. The Kier molecular flexibility index (Phi) is 5.32. The lowest BCUT2D eigenvalue weighted by Gasteiger charge is -2.13. The van der Waals surface area contributed by atoms with Gasteiger partial charge in [0.05, 0.1) is 25.0 Å². The molecule has 120 valence electrons. The molecular formula is C17H19N3O3. The molecular weight excluding hydrogens is 294 g/mol. The Morgan fingerprint density at radius 3 is 2.35 bits per heavy atom. The number of nitrogens with two attached hydrogens (primary N) is 1. The summed E-state index contributed by atoms with van der Waals surface area (Å²) in [6, 6.07) is 12.2. The third-order valence-electron chi connectivity index (χ3n) is 3.25. The number of ether oxygens (including phenoxy) is 1. The molecule has 0 atom stereocenters. The van der Waals surface area contributed by atoms with Crippen LogP contribution in [0.25, 0.3) is 0 Å². The second-order valence-corrected chi connectivity index (χ2v) is 4.98. The fourth-order valence-corrected chi connectivity index (χ4v) is 1.96. The van der Waals surface area contributed by atoms with Crippen LogP contribution < -0.4 is 21.1 Å². The molecule has 23 heavy (non-hydrogen) atoms. The van der Waals surface area contributed by atoms with Crippen LogP contribution in [0.15, 0.2) is 42.5 Å². The Bertz CT molecular complexity index is 712. The van der Waals surface area contributed by atoms with Crippen LogP contribution in [0.5, 0.6) is 5.75 Å². The van der Waals surface area contributed by atoms with Crippen molar-refractivity contribution >= 4 is 23.2 Å². The highest BCUT2D eigenvalue weighted by atomic mass is 16.5. The molecule has 0 radical (unpaired) electrons. The van der Waals surface area contributed by atoms with E-state index in [4.69, 9.17) is 10.5 Å². The number of benzene rings is 2. The first-order chi connectivity index (χ1) is 11.0. The van der Waals surface area contributed by atoms with Crippen molar-refractivity contribution in [3.05, 3.63) is 53.6 Å². The maximum absolute atomic E-state index is 12.3. The number of rotatable bonds is 5. The lowest BCUT2D eigenvalue weighted by molar-refractivity contribution is -0.114. The van der Waals surface area contributed by atoms with Crippen LogP contribution in [-0.4, -0.2) is 25.5 Å². The summed E-state index contributed by atoms with van der Waals surface area (Å²) in [5.74, 6) is -0.0619. The third kappa shape index (κ3) is 4.31. The van der Waals surface area contributed by atoms with E-state index in [2.05, 4.69) is 10.6 Å². The van der Waals surface area contributed by atoms with Crippen LogP contribution in [0.1, 0.15) is 15.9 Å². The van der Waals surface area contributed by atoms with Gasteiger partial charge in [-0.3, -0.25) is 9.59 Å². The van der Waals surface area contributed by atoms with Crippen LogP contribution in [0.4, 0.5) is 11.4 Å². The summed E-state index contributed by atoms with van der Waals surface area (Å²) < 4.78 is 5.13. The molecule has 4 N–H and O–H groups in total. The Morgan fingerprint density at radius 1 is 1.04 bits per heavy atom. The molecule has 2 rings (SSSR count). The first kappa shape index (κ1) is 16.5. The molecule has 2 amide bonds. The SMILES string of the molecule is COc1ccc(NC(=O)c2ccc(C)cc2)c(NC(=O)CN)c1. The molecule has 0 saturated heterocycles. The van der Waals surface area contributed by atoms with Gasteiger partial charge in [-0.1, -0.05) is 17.7 Å². The normalized spacial score (nSPS) is 10.0. The highest BCUT2D eigenvalue weighted by Crippen LogP contribution is 2.27. The highest BCUT2D eigenvalue weighted by molar-refractivity contribution is 6.07. The topological polar surface area (TPSA) is 93.5 Å². The van der Waals surface area contributed by atoms with Gasteiger partial charge in [0.15, 0.2) is 0 Å². The summed E-state index contributed by atoms with van der Waals surface area (Å²) in [6.07, 6.45) is 0. The summed E-state index contributed by atoms with van der Waals surface area (Å²) in [4.78, 5) is 23.8. The zero-order valence-electron chi connectivity index (χ0n) is 13.1. The zero-order valence-corrected chi connectivity index (χ0v) is 13.1. The van der Waals surface area contributed by atoms with Crippen molar-refractivity contribution in [3.63, 3.8) is 0 Å². The van der Waals surface area contributed by atoms with E-state index in [0.29, 0.717) is 22.7 Å². The molecule has 0 aliphatic heterocycles. The summed E-state index contributed by atoms with van der Waals surface area (Å²) in [5, 5.41) is 5.42. The largest absolute Gasteiger partial charge is 0.497 e. The number of nitrogens with one attached hydrogen (secondary N) is 2. The number of carbonyl (C=O) groups is 2. The summed E-state index contributed by atoms with van der Waals surface area (Å²) in [5.41, 5.74) is 7.82. The minimum absolute atomic E-state index is 0.150. The second-order valence-electron chi connectivity index (χ2n) is 4.98. The molecule has 0 bridgehead atoms. The smallest absolute Gasteiger partial charge is 0.255 e. The maximum Gasteiger partial charge on any atom is 0.255 e. The van der Waals surface area contributed by atoms with Crippen LogP contribution in [0.2, 0.25) is 0 Å². The van der Waals surface area contributed by atoms with Crippen LogP contribution in [0.3, 0.4) is 0 Å². The minimum atomic E-state index is -0.357. The van der Waals surface area contributed by atoms with E-state index in [1.165, 1.54) is 7.11 Å². The summed E-state index contributed by atoms with van der Waals surface area (Å²) in [7, 11) is 1.52. The van der Waals surface area contributed by atoms with E-state index >= 15 is 0 Å². The fourth-order valence-electron chi connectivity index (χ4n) is 1.96. The van der Waals surface area contributed by atoms with Crippen molar-refractivity contribution in [2.75, 3.05) is 24.3 Å². The van der Waals surface area contributed by atoms with Gasteiger partial charge in [0.2, 0.25) is 5.91 Å². The quantitative estimate of drug-likeness (QED) is 0.788. The van der Waals surface area contributed by atoms with Crippen molar-refractivity contribution in [1.29, 1.82) is 0 Å². The third-order valence-corrected chi connectivity index (χ3v) is 3.25. The molecule has 6 nitrogen and oxygen atoms in total. The molecule has 0 aliphatic carbocycles. The van der Waals surface area contributed by atoms with Gasteiger partial charge in [0.1, 0.15) is 5.75 Å². The van der Waals surface area contributed by atoms with E-state index in [0.717, 1.165) is 5.56 Å². The maximum atomic E-state index is 12.3. The van der Waals surface area contributed by atoms with Gasteiger partial charge >= 0.3 is 0 Å². The van der Waals surface area contributed by atoms with Gasteiger partial charge < -0.3 is 21.1 Å². The van der Waals surface area contributed by atoms with Crippen LogP contribution in [-0.2, 0) is 4.79 Å². The second kappa shape index (κ2) is 7.42. The van der Waals surface area contributed by atoms with Crippen LogP contribution >= 0.6 is 0 Å². The van der Waals surface area contributed by atoms with Crippen molar-refractivity contribution in [2.45, 2.75) is 6.92 Å².